The minimum atomic E-state index is -0.407. The number of methoxy groups -OCH3 is 2. The Kier molecular flexibility index (Phi) is 5.62. The average Bonchev–Trinajstić information content (AvgIpc) is 2.79. The third-order valence-electron chi connectivity index (χ3n) is 5.10. The minimum Gasteiger partial charge on any atom is -0.493 e. The predicted octanol–water partition coefficient (Wildman–Crippen LogP) is 3.49. The van der Waals surface area contributed by atoms with E-state index in [0.29, 0.717) is 53.8 Å². The summed E-state index contributed by atoms with van der Waals surface area (Å²) in [5, 5.41) is 0. The van der Waals surface area contributed by atoms with Crippen LogP contribution in [0.1, 0.15) is 22.8 Å². The molecule has 1 aliphatic rings. The van der Waals surface area contributed by atoms with E-state index in [1.54, 1.807) is 43.1 Å². The highest BCUT2D eigenvalue weighted by molar-refractivity contribution is 5.76. The van der Waals surface area contributed by atoms with E-state index in [9.17, 15) is 9.59 Å². The van der Waals surface area contributed by atoms with Gasteiger partial charge < -0.3 is 18.9 Å². The van der Waals surface area contributed by atoms with Gasteiger partial charge in [-0.15, -0.1) is 0 Å². The molecule has 31 heavy (non-hydrogen) atoms. The van der Waals surface area contributed by atoms with Gasteiger partial charge in [0.1, 0.15) is 6.29 Å². The molecule has 0 N–H and O–H groups in total. The lowest BCUT2D eigenvalue weighted by Crippen LogP contribution is -2.28. The van der Waals surface area contributed by atoms with Crippen molar-refractivity contribution in [1.82, 2.24) is 9.55 Å². The van der Waals surface area contributed by atoms with E-state index in [1.165, 1.54) is 0 Å². The van der Waals surface area contributed by atoms with Crippen LogP contribution in [0.5, 0.6) is 28.9 Å². The maximum atomic E-state index is 12.7. The van der Waals surface area contributed by atoms with Crippen molar-refractivity contribution in [3.8, 4) is 40.1 Å². The molecule has 1 aliphatic heterocycles. The number of rotatable bonds is 7. The molecule has 0 saturated heterocycles. The number of hydrogen-bond donors (Lipinski definition) is 0. The van der Waals surface area contributed by atoms with Crippen molar-refractivity contribution in [2.24, 2.45) is 0 Å². The van der Waals surface area contributed by atoms with Crippen molar-refractivity contribution >= 4 is 6.29 Å². The molecule has 8 nitrogen and oxygen atoms in total. The molecule has 0 atom stereocenters. The molecular formula is C23H22N2O6. The lowest BCUT2D eigenvalue weighted by Gasteiger charge is -2.23. The van der Waals surface area contributed by atoms with Gasteiger partial charge in [0.05, 0.1) is 26.5 Å². The Bertz CT molecular complexity index is 1200. The van der Waals surface area contributed by atoms with Crippen LogP contribution in [0, 0.1) is 0 Å². The molecule has 1 aromatic heterocycles. The molecule has 4 rings (SSSR count). The summed E-state index contributed by atoms with van der Waals surface area (Å²) in [6, 6.07) is 10.3. The van der Waals surface area contributed by atoms with Crippen LogP contribution in [-0.2, 0) is 13.0 Å². The van der Waals surface area contributed by atoms with Crippen LogP contribution in [0.4, 0.5) is 0 Å². The maximum Gasteiger partial charge on any atom is 0.351 e. The molecule has 0 unspecified atom stereocenters. The molecule has 0 spiro atoms. The Labute approximate surface area is 179 Å². The van der Waals surface area contributed by atoms with E-state index in [2.05, 4.69) is 4.98 Å². The third-order valence-corrected chi connectivity index (χ3v) is 5.10. The van der Waals surface area contributed by atoms with Crippen LogP contribution in [-0.4, -0.2) is 36.7 Å². The van der Waals surface area contributed by atoms with Crippen LogP contribution in [0.25, 0.3) is 11.3 Å². The van der Waals surface area contributed by atoms with E-state index >= 15 is 0 Å². The van der Waals surface area contributed by atoms with E-state index in [1.807, 2.05) is 19.1 Å². The SMILES string of the molecule is CCOc1cc(C=O)ccc1Oc1cc2n(c(=O)n1)CCc1cc(OC)c(OC)cc1-2. The van der Waals surface area contributed by atoms with Crippen LogP contribution in [0.2, 0.25) is 0 Å². The Balaban J connectivity index is 1.79. The number of carbonyl (C=O) groups excluding carboxylic acids is 1. The largest absolute Gasteiger partial charge is 0.493 e. The van der Waals surface area contributed by atoms with Gasteiger partial charge in [0.15, 0.2) is 23.0 Å². The fraction of sp³-hybridized carbons (Fsp3) is 0.261. The number of nitrogens with zero attached hydrogens (tertiary/aromatic N) is 2. The first-order valence-corrected chi connectivity index (χ1v) is 9.85. The topological polar surface area (TPSA) is 88.9 Å². The molecule has 0 amide bonds. The smallest absolute Gasteiger partial charge is 0.351 e. The Morgan fingerprint density at radius 2 is 1.81 bits per heavy atom. The van der Waals surface area contributed by atoms with Crippen LogP contribution in [0.3, 0.4) is 0 Å². The van der Waals surface area contributed by atoms with Gasteiger partial charge in [-0.25, -0.2) is 4.79 Å². The van der Waals surface area contributed by atoms with Crippen LogP contribution in [0.15, 0.2) is 41.2 Å². The first-order valence-electron chi connectivity index (χ1n) is 9.85. The zero-order chi connectivity index (χ0) is 22.0. The van der Waals surface area contributed by atoms with Gasteiger partial charge in [-0.05, 0) is 49.2 Å². The van der Waals surface area contributed by atoms with Crippen molar-refractivity contribution in [2.45, 2.75) is 19.9 Å². The molecule has 0 aliphatic carbocycles. The fourth-order valence-corrected chi connectivity index (χ4v) is 3.64. The maximum absolute atomic E-state index is 12.7. The summed E-state index contributed by atoms with van der Waals surface area (Å²) in [5.41, 5.74) is 2.63. The van der Waals surface area contributed by atoms with E-state index < -0.39 is 5.69 Å². The van der Waals surface area contributed by atoms with Crippen LogP contribution >= 0.6 is 0 Å². The summed E-state index contributed by atoms with van der Waals surface area (Å²) in [5.74, 6) is 2.12. The first kappa shape index (κ1) is 20.5. The summed E-state index contributed by atoms with van der Waals surface area (Å²) < 4.78 is 23.9. The lowest BCUT2D eigenvalue weighted by molar-refractivity contribution is 0.112. The fourth-order valence-electron chi connectivity index (χ4n) is 3.64. The standard InChI is InChI=1S/C23H22N2O6/c1-4-30-21-9-14(13-26)5-6-18(21)31-22-12-17-16-11-20(29-3)19(28-2)10-15(16)7-8-25(17)23(27)24-22/h5-6,9-13H,4,7-8H2,1-3H3. The second-order valence-electron chi connectivity index (χ2n) is 6.89. The molecule has 8 heteroatoms. The van der Waals surface area contributed by atoms with E-state index in [0.717, 1.165) is 17.4 Å². The van der Waals surface area contributed by atoms with Crippen LogP contribution < -0.4 is 24.6 Å². The molecule has 0 bridgehead atoms. The molecular weight excluding hydrogens is 400 g/mol. The third kappa shape index (κ3) is 3.84. The van der Waals surface area contributed by atoms with Crippen molar-refractivity contribution < 1.29 is 23.7 Å². The minimum absolute atomic E-state index is 0.138. The summed E-state index contributed by atoms with van der Waals surface area (Å²) in [7, 11) is 3.16. The van der Waals surface area contributed by atoms with Crippen molar-refractivity contribution in [3.05, 3.63) is 58.0 Å². The quantitative estimate of drug-likeness (QED) is 0.539. The highest BCUT2D eigenvalue weighted by Gasteiger charge is 2.22. The molecule has 2 heterocycles. The van der Waals surface area contributed by atoms with Crippen molar-refractivity contribution in [1.29, 1.82) is 0 Å². The van der Waals surface area contributed by atoms with Gasteiger partial charge in [0, 0.05) is 23.7 Å². The number of aryl methyl sites for hydroxylation is 1. The number of fused-ring (bicyclic) bond motifs is 3. The Morgan fingerprint density at radius 3 is 2.52 bits per heavy atom. The summed E-state index contributed by atoms with van der Waals surface area (Å²) in [6.45, 7) is 2.73. The van der Waals surface area contributed by atoms with Crippen molar-refractivity contribution in [2.75, 3.05) is 20.8 Å². The predicted molar refractivity (Wildman–Crippen MR) is 114 cm³/mol. The highest BCUT2D eigenvalue weighted by atomic mass is 16.5. The number of aldehydes is 1. The summed E-state index contributed by atoms with van der Waals surface area (Å²) in [4.78, 5) is 27.9. The number of ether oxygens (including phenoxy) is 4. The Morgan fingerprint density at radius 1 is 1.03 bits per heavy atom. The molecule has 160 valence electrons. The van der Waals surface area contributed by atoms with E-state index in [-0.39, 0.29) is 5.88 Å². The number of aromatic nitrogens is 2. The first-order chi connectivity index (χ1) is 15.1. The van der Waals surface area contributed by atoms with Gasteiger partial charge in [0.25, 0.3) is 0 Å². The highest BCUT2D eigenvalue weighted by Crippen LogP contribution is 2.39. The number of carbonyl (C=O) groups is 1. The van der Waals surface area contributed by atoms with E-state index in [4.69, 9.17) is 18.9 Å². The second kappa shape index (κ2) is 8.51. The molecule has 0 saturated carbocycles. The number of benzene rings is 2. The lowest BCUT2D eigenvalue weighted by atomic mass is 9.97. The van der Waals surface area contributed by atoms with Gasteiger partial charge in [-0.2, -0.15) is 4.98 Å². The van der Waals surface area contributed by atoms with Crippen molar-refractivity contribution in [3.63, 3.8) is 0 Å². The zero-order valence-electron chi connectivity index (χ0n) is 17.5. The second-order valence-corrected chi connectivity index (χ2v) is 6.89. The molecule has 3 aromatic rings. The average molecular weight is 422 g/mol. The molecule has 0 radical (unpaired) electrons. The normalized spacial score (nSPS) is 11.8. The van der Waals surface area contributed by atoms with Gasteiger partial charge in [0.2, 0.25) is 5.88 Å². The summed E-state index contributed by atoms with van der Waals surface area (Å²) in [6.07, 6.45) is 1.40. The molecule has 2 aromatic carbocycles. The van der Waals surface area contributed by atoms with Gasteiger partial charge in [-0.1, -0.05) is 0 Å². The molecule has 0 fully saturated rings. The number of hydrogen-bond acceptors (Lipinski definition) is 7. The monoisotopic (exact) mass is 422 g/mol. The Hall–Kier alpha value is -3.81. The zero-order valence-corrected chi connectivity index (χ0v) is 17.5. The van der Waals surface area contributed by atoms with Gasteiger partial charge in [-0.3, -0.25) is 9.36 Å². The summed E-state index contributed by atoms with van der Waals surface area (Å²) >= 11 is 0. The van der Waals surface area contributed by atoms with Gasteiger partial charge >= 0.3 is 5.69 Å².